The summed E-state index contributed by atoms with van der Waals surface area (Å²) in [5.74, 6) is -0.751. The number of hydrogen-bond donors (Lipinski definition) is 1. The molecule has 1 aliphatic rings. The zero-order valence-corrected chi connectivity index (χ0v) is 10.1. The number of fused-ring (bicyclic) bond motifs is 1. The summed E-state index contributed by atoms with van der Waals surface area (Å²) in [5, 5.41) is 15.4. The van der Waals surface area contributed by atoms with Crippen LogP contribution < -0.4 is 5.32 Å². The van der Waals surface area contributed by atoms with Crippen LogP contribution in [0.4, 0.5) is 5.69 Å². The maximum Gasteiger partial charge on any atom is 0.234 e. The number of carbonyl (C=O) groups is 1. The van der Waals surface area contributed by atoms with Gasteiger partial charge in [-0.25, -0.2) is 0 Å². The Labute approximate surface area is 109 Å². The molecule has 0 bridgehead atoms. The first-order valence-electron chi connectivity index (χ1n) is 6.08. The maximum atomic E-state index is 11.8. The van der Waals surface area contributed by atoms with E-state index in [9.17, 15) is 14.9 Å². The minimum atomic E-state index is -0.708. The molecule has 0 radical (unpaired) electrons. The Hall–Kier alpha value is -2.43. The molecule has 5 nitrogen and oxygen atoms in total. The Morgan fingerprint density at radius 2 is 1.95 bits per heavy atom. The molecule has 3 rings (SSSR count). The number of amides is 1. The Morgan fingerprint density at radius 3 is 2.63 bits per heavy atom. The number of rotatable bonds is 3. The summed E-state index contributed by atoms with van der Waals surface area (Å²) in [4.78, 5) is 22.0. The number of nitro groups is 1. The van der Waals surface area contributed by atoms with Crippen molar-refractivity contribution in [1.82, 2.24) is 0 Å². The highest BCUT2D eigenvalue weighted by molar-refractivity contribution is 5.97. The van der Waals surface area contributed by atoms with Crippen LogP contribution in [0.1, 0.15) is 6.42 Å². The molecule has 1 N–H and O–H groups in total. The van der Waals surface area contributed by atoms with E-state index in [1.807, 2.05) is 42.5 Å². The number of carbonyl (C=O) groups excluding carboxylic acids is 1. The predicted molar refractivity (Wildman–Crippen MR) is 71.5 cm³/mol. The Kier molecular flexibility index (Phi) is 2.67. The molecule has 2 unspecified atom stereocenters. The van der Waals surface area contributed by atoms with Crippen LogP contribution in [0.25, 0.3) is 10.8 Å². The Balaban J connectivity index is 1.75. The fraction of sp³-hybridized carbons (Fsp3) is 0.214. The molecule has 2 aromatic carbocycles. The van der Waals surface area contributed by atoms with Gasteiger partial charge in [0.1, 0.15) is 5.92 Å². The maximum absolute atomic E-state index is 11.8. The van der Waals surface area contributed by atoms with Crippen molar-refractivity contribution in [3.63, 3.8) is 0 Å². The van der Waals surface area contributed by atoms with Gasteiger partial charge in [0.2, 0.25) is 11.9 Å². The van der Waals surface area contributed by atoms with E-state index in [0.717, 1.165) is 10.8 Å². The monoisotopic (exact) mass is 256 g/mol. The van der Waals surface area contributed by atoms with Gasteiger partial charge in [-0.1, -0.05) is 30.3 Å². The lowest BCUT2D eigenvalue weighted by Gasteiger charge is -2.05. The van der Waals surface area contributed by atoms with Crippen molar-refractivity contribution in [1.29, 1.82) is 0 Å². The van der Waals surface area contributed by atoms with E-state index < -0.39 is 12.0 Å². The number of hydrogen-bond acceptors (Lipinski definition) is 3. The predicted octanol–water partition coefficient (Wildman–Crippen LogP) is 2.44. The van der Waals surface area contributed by atoms with Crippen LogP contribution in [0.5, 0.6) is 0 Å². The zero-order chi connectivity index (χ0) is 13.4. The molecule has 1 fully saturated rings. The second-order valence-electron chi connectivity index (χ2n) is 4.75. The summed E-state index contributed by atoms with van der Waals surface area (Å²) >= 11 is 0. The van der Waals surface area contributed by atoms with E-state index in [0.29, 0.717) is 12.1 Å². The molecule has 0 spiro atoms. The van der Waals surface area contributed by atoms with Crippen LogP contribution in [0.15, 0.2) is 42.5 Å². The molecular formula is C14H12N2O3. The van der Waals surface area contributed by atoms with Gasteiger partial charge >= 0.3 is 0 Å². The van der Waals surface area contributed by atoms with E-state index in [-0.39, 0.29) is 10.8 Å². The van der Waals surface area contributed by atoms with E-state index in [1.165, 1.54) is 0 Å². The lowest BCUT2D eigenvalue weighted by atomic mass is 10.1. The molecule has 5 heteroatoms. The second-order valence-corrected chi connectivity index (χ2v) is 4.75. The molecule has 0 aliphatic heterocycles. The van der Waals surface area contributed by atoms with Gasteiger partial charge in [-0.3, -0.25) is 14.9 Å². The number of nitrogens with zero attached hydrogens (tertiary/aromatic N) is 1. The first-order chi connectivity index (χ1) is 9.15. The van der Waals surface area contributed by atoms with Gasteiger partial charge in [0.25, 0.3) is 0 Å². The molecule has 0 heterocycles. The molecule has 1 amide bonds. The fourth-order valence-corrected chi connectivity index (χ4v) is 2.20. The van der Waals surface area contributed by atoms with E-state index >= 15 is 0 Å². The first kappa shape index (κ1) is 11.6. The van der Waals surface area contributed by atoms with Crippen molar-refractivity contribution in [3.05, 3.63) is 52.6 Å². The van der Waals surface area contributed by atoms with Crippen molar-refractivity contribution in [2.24, 2.45) is 5.92 Å². The van der Waals surface area contributed by atoms with E-state index in [1.54, 1.807) is 0 Å². The van der Waals surface area contributed by atoms with Crippen molar-refractivity contribution < 1.29 is 9.72 Å². The van der Waals surface area contributed by atoms with Gasteiger partial charge in [0, 0.05) is 17.0 Å². The van der Waals surface area contributed by atoms with E-state index in [2.05, 4.69) is 5.32 Å². The summed E-state index contributed by atoms with van der Waals surface area (Å²) < 4.78 is 0. The summed E-state index contributed by atoms with van der Waals surface area (Å²) in [7, 11) is 0. The van der Waals surface area contributed by atoms with Crippen LogP contribution >= 0.6 is 0 Å². The zero-order valence-electron chi connectivity index (χ0n) is 10.1. The average Bonchev–Trinajstić information content (AvgIpc) is 3.19. The SMILES string of the molecule is O=C(Nc1ccc2ccccc2c1)C1CC1[N+](=O)[O-]. The summed E-state index contributed by atoms with van der Waals surface area (Å²) in [6.07, 6.45) is 0.340. The van der Waals surface area contributed by atoms with E-state index in [4.69, 9.17) is 0 Å². The van der Waals surface area contributed by atoms with Crippen LogP contribution in [0.3, 0.4) is 0 Å². The average molecular weight is 256 g/mol. The van der Waals surface area contributed by atoms with Gasteiger partial charge in [-0.05, 0) is 22.9 Å². The smallest absolute Gasteiger partial charge is 0.234 e. The molecule has 2 aromatic rings. The van der Waals surface area contributed by atoms with Crippen molar-refractivity contribution >= 4 is 22.4 Å². The standard InChI is InChI=1S/C14H12N2O3/c17-14(12-8-13(12)16(18)19)15-11-6-5-9-3-1-2-4-10(9)7-11/h1-7,12-13H,8H2,(H,15,17). The molecule has 1 aliphatic carbocycles. The largest absolute Gasteiger partial charge is 0.326 e. The molecular weight excluding hydrogens is 244 g/mol. The molecule has 1 saturated carbocycles. The summed E-state index contributed by atoms with van der Waals surface area (Å²) in [6, 6.07) is 12.7. The number of nitrogens with one attached hydrogen (secondary N) is 1. The van der Waals surface area contributed by atoms with Crippen molar-refractivity contribution in [3.8, 4) is 0 Å². The highest BCUT2D eigenvalue weighted by Crippen LogP contribution is 2.34. The Morgan fingerprint density at radius 1 is 1.21 bits per heavy atom. The highest BCUT2D eigenvalue weighted by atomic mass is 16.6. The summed E-state index contributed by atoms with van der Waals surface area (Å²) in [6.45, 7) is 0. The van der Waals surface area contributed by atoms with Gasteiger partial charge in [0.15, 0.2) is 0 Å². The number of anilines is 1. The minimum absolute atomic E-state index is 0.267. The van der Waals surface area contributed by atoms with Gasteiger partial charge in [-0.2, -0.15) is 0 Å². The summed E-state index contributed by atoms with van der Waals surface area (Å²) in [5.41, 5.74) is 0.678. The molecule has 19 heavy (non-hydrogen) atoms. The van der Waals surface area contributed by atoms with Crippen molar-refractivity contribution in [2.45, 2.75) is 12.5 Å². The Bertz CT molecular complexity index is 669. The lowest BCUT2D eigenvalue weighted by molar-refractivity contribution is -0.497. The van der Waals surface area contributed by atoms with Crippen LogP contribution in [-0.2, 0) is 4.79 Å². The van der Waals surface area contributed by atoms with Gasteiger partial charge in [0.05, 0.1) is 0 Å². The third-order valence-electron chi connectivity index (χ3n) is 3.38. The van der Waals surface area contributed by atoms with Crippen molar-refractivity contribution in [2.75, 3.05) is 5.32 Å². The lowest BCUT2D eigenvalue weighted by Crippen LogP contribution is -2.18. The molecule has 2 atom stereocenters. The normalized spacial score (nSPS) is 21.1. The van der Waals surface area contributed by atoms with Gasteiger partial charge < -0.3 is 5.32 Å². The fourth-order valence-electron chi connectivity index (χ4n) is 2.20. The molecule has 96 valence electrons. The quantitative estimate of drug-likeness (QED) is 0.677. The third-order valence-corrected chi connectivity index (χ3v) is 3.38. The van der Waals surface area contributed by atoms with Crippen LogP contribution in [0.2, 0.25) is 0 Å². The molecule has 0 aromatic heterocycles. The minimum Gasteiger partial charge on any atom is -0.326 e. The third kappa shape index (κ3) is 2.27. The van der Waals surface area contributed by atoms with Gasteiger partial charge in [-0.15, -0.1) is 0 Å². The molecule has 0 saturated heterocycles. The number of benzene rings is 2. The van der Waals surface area contributed by atoms with Crippen LogP contribution in [-0.4, -0.2) is 16.9 Å². The highest BCUT2D eigenvalue weighted by Gasteiger charge is 2.53. The second kappa shape index (κ2) is 4.35. The van der Waals surface area contributed by atoms with Crippen LogP contribution in [0, 0.1) is 16.0 Å². The topological polar surface area (TPSA) is 72.2 Å². The first-order valence-corrected chi connectivity index (χ1v) is 6.08.